The fourth-order valence-corrected chi connectivity index (χ4v) is 2.36. The molecule has 1 aromatic heterocycles. The Balaban J connectivity index is 1.85. The van der Waals surface area contributed by atoms with Crippen molar-refractivity contribution >= 4 is 5.82 Å². The van der Waals surface area contributed by atoms with E-state index in [9.17, 15) is 0 Å². The summed E-state index contributed by atoms with van der Waals surface area (Å²) in [5, 5.41) is 3.69. The number of benzene rings is 1. The van der Waals surface area contributed by atoms with E-state index in [4.69, 9.17) is 15.0 Å². The highest BCUT2D eigenvalue weighted by Gasteiger charge is 2.44. The molecule has 18 heavy (non-hydrogen) atoms. The van der Waals surface area contributed by atoms with Gasteiger partial charge in [-0.05, 0) is 18.4 Å². The molecule has 4 nitrogen and oxygen atoms in total. The molecule has 3 rings (SSSR count). The highest BCUT2D eigenvalue weighted by Crippen LogP contribution is 2.48. The Morgan fingerprint density at radius 2 is 2.06 bits per heavy atom. The van der Waals surface area contributed by atoms with E-state index in [0.717, 1.165) is 12.2 Å². The van der Waals surface area contributed by atoms with Crippen LogP contribution < -0.4 is 5.73 Å². The van der Waals surface area contributed by atoms with Crippen LogP contribution >= 0.6 is 0 Å². The van der Waals surface area contributed by atoms with Gasteiger partial charge in [-0.25, -0.2) is 0 Å². The highest BCUT2D eigenvalue weighted by molar-refractivity contribution is 5.60. The van der Waals surface area contributed by atoms with Gasteiger partial charge in [0.2, 0.25) is 0 Å². The molecule has 0 atom stereocenters. The SMILES string of the molecule is COCC1(c2ccc(-c3cc(N)no3)cc2)CC1. The van der Waals surface area contributed by atoms with Gasteiger partial charge in [-0.1, -0.05) is 29.4 Å². The lowest BCUT2D eigenvalue weighted by Gasteiger charge is -2.14. The maximum Gasteiger partial charge on any atom is 0.169 e. The molecule has 4 heteroatoms. The molecule has 0 radical (unpaired) electrons. The topological polar surface area (TPSA) is 61.3 Å². The van der Waals surface area contributed by atoms with Crippen molar-refractivity contribution in [2.24, 2.45) is 0 Å². The first kappa shape index (κ1) is 11.3. The van der Waals surface area contributed by atoms with Crippen molar-refractivity contribution < 1.29 is 9.26 Å². The number of hydrogen-bond acceptors (Lipinski definition) is 4. The summed E-state index contributed by atoms with van der Waals surface area (Å²) in [6.45, 7) is 0.793. The largest absolute Gasteiger partial charge is 0.384 e. The average Bonchev–Trinajstić information content (AvgIpc) is 3.04. The van der Waals surface area contributed by atoms with Gasteiger partial charge >= 0.3 is 0 Å². The zero-order valence-electron chi connectivity index (χ0n) is 10.3. The van der Waals surface area contributed by atoms with Crippen LogP contribution in [0.4, 0.5) is 5.82 Å². The maximum absolute atomic E-state index is 5.54. The maximum atomic E-state index is 5.54. The highest BCUT2D eigenvalue weighted by atomic mass is 16.5. The molecular weight excluding hydrogens is 228 g/mol. The molecule has 1 aliphatic carbocycles. The molecule has 1 saturated carbocycles. The molecule has 0 spiro atoms. The van der Waals surface area contributed by atoms with Crippen molar-refractivity contribution in [1.29, 1.82) is 0 Å². The zero-order valence-corrected chi connectivity index (χ0v) is 10.3. The van der Waals surface area contributed by atoms with Crippen LogP contribution in [0.2, 0.25) is 0 Å². The number of ether oxygens (including phenoxy) is 1. The summed E-state index contributed by atoms with van der Waals surface area (Å²) < 4.78 is 10.4. The first-order valence-electron chi connectivity index (χ1n) is 6.06. The van der Waals surface area contributed by atoms with E-state index in [-0.39, 0.29) is 5.41 Å². The van der Waals surface area contributed by atoms with E-state index in [0.29, 0.717) is 11.6 Å². The molecule has 1 aliphatic rings. The zero-order chi connectivity index (χ0) is 12.6. The molecule has 0 aliphatic heterocycles. The standard InChI is InChI=1S/C14H16N2O2/c1-17-9-14(6-7-14)11-4-2-10(3-5-11)12-8-13(15)16-18-12/h2-5,8H,6-7,9H2,1H3,(H2,15,16). The van der Waals surface area contributed by atoms with Crippen LogP contribution in [0.5, 0.6) is 0 Å². The fourth-order valence-electron chi connectivity index (χ4n) is 2.36. The third-order valence-corrected chi connectivity index (χ3v) is 3.58. The van der Waals surface area contributed by atoms with Crippen LogP contribution in [-0.2, 0) is 10.2 Å². The second kappa shape index (κ2) is 4.14. The van der Waals surface area contributed by atoms with E-state index in [1.807, 2.05) is 12.1 Å². The van der Waals surface area contributed by atoms with E-state index >= 15 is 0 Å². The summed E-state index contributed by atoms with van der Waals surface area (Å²) in [4.78, 5) is 0. The van der Waals surface area contributed by atoms with Crippen LogP contribution in [0, 0.1) is 0 Å². The summed E-state index contributed by atoms with van der Waals surface area (Å²) in [5.74, 6) is 1.11. The fraction of sp³-hybridized carbons (Fsp3) is 0.357. The van der Waals surface area contributed by atoms with Crippen molar-refractivity contribution in [3.8, 4) is 11.3 Å². The van der Waals surface area contributed by atoms with Gasteiger partial charge in [0.25, 0.3) is 0 Å². The lowest BCUT2D eigenvalue weighted by atomic mass is 9.95. The number of rotatable bonds is 4. The third kappa shape index (κ3) is 1.88. The summed E-state index contributed by atoms with van der Waals surface area (Å²) in [6.07, 6.45) is 2.41. The minimum Gasteiger partial charge on any atom is -0.384 e. The third-order valence-electron chi connectivity index (χ3n) is 3.58. The Labute approximate surface area is 106 Å². The molecule has 0 bridgehead atoms. The monoisotopic (exact) mass is 244 g/mol. The lowest BCUT2D eigenvalue weighted by molar-refractivity contribution is 0.171. The average molecular weight is 244 g/mol. The first-order chi connectivity index (χ1) is 8.73. The molecule has 1 heterocycles. The van der Waals surface area contributed by atoms with Crippen LogP contribution in [0.25, 0.3) is 11.3 Å². The summed E-state index contributed by atoms with van der Waals surface area (Å²) in [6, 6.07) is 10.1. The van der Waals surface area contributed by atoms with Crippen LogP contribution in [0.15, 0.2) is 34.9 Å². The van der Waals surface area contributed by atoms with Crippen LogP contribution in [0.3, 0.4) is 0 Å². The smallest absolute Gasteiger partial charge is 0.169 e. The minimum absolute atomic E-state index is 0.244. The second-order valence-electron chi connectivity index (χ2n) is 4.91. The van der Waals surface area contributed by atoms with Crippen molar-refractivity contribution in [1.82, 2.24) is 5.16 Å². The molecular formula is C14H16N2O2. The summed E-state index contributed by atoms with van der Waals surface area (Å²) in [7, 11) is 1.76. The normalized spacial score (nSPS) is 16.7. The molecule has 0 unspecified atom stereocenters. The van der Waals surface area contributed by atoms with Gasteiger partial charge in [-0.3, -0.25) is 0 Å². The van der Waals surface area contributed by atoms with E-state index < -0.39 is 0 Å². The van der Waals surface area contributed by atoms with E-state index in [1.54, 1.807) is 13.2 Å². The molecule has 0 amide bonds. The van der Waals surface area contributed by atoms with Crippen molar-refractivity contribution in [2.45, 2.75) is 18.3 Å². The lowest BCUT2D eigenvalue weighted by Crippen LogP contribution is -2.13. The minimum atomic E-state index is 0.244. The van der Waals surface area contributed by atoms with Crippen LogP contribution in [-0.4, -0.2) is 18.9 Å². The number of nitrogens with zero attached hydrogens (tertiary/aromatic N) is 1. The van der Waals surface area contributed by atoms with E-state index in [1.165, 1.54) is 18.4 Å². The Kier molecular flexibility index (Phi) is 2.59. The van der Waals surface area contributed by atoms with Gasteiger partial charge in [0.05, 0.1) is 6.61 Å². The molecule has 94 valence electrons. The van der Waals surface area contributed by atoms with Crippen molar-refractivity contribution in [3.63, 3.8) is 0 Å². The first-order valence-corrected chi connectivity index (χ1v) is 6.06. The molecule has 2 aromatic rings. The molecule has 1 aromatic carbocycles. The van der Waals surface area contributed by atoms with E-state index in [2.05, 4.69) is 17.3 Å². The number of aromatic nitrogens is 1. The Morgan fingerprint density at radius 3 is 2.56 bits per heavy atom. The predicted octanol–water partition coefficient (Wildman–Crippen LogP) is 2.60. The van der Waals surface area contributed by atoms with Crippen LogP contribution in [0.1, 0.15) is 18.4 Å². The molecule has 0 saturated heterocycles. The van der Waals surface area contributed by atoms with Crippen molar-refractivity contribution in [2.75, 3.05) is 19.5 Å². The quantitative estimate of drug-likeness (QED) is 0.898. The number of nitrogen functional groups attached to an aromatic ring is 1. The number of methoxy groups -OCH3 is 1. The Bertz CT molecular complexity index is 541. The van der Waals surface area contributed by atoms with Gasteiger partial charge in [0.1, 0.15) is 0 Å². The predicted molar refractivity (Wildman–Crippen MR) is 69.1 cm³/mol. The van der Waals surface area contributed by atoms with Gasteiger partial charge in [0, 0.05) is 24.2 Å². The van der Waals surface area contributed by atoms with Gasteiger partial charge in [-0.15, -0.1) is 0 Å². The number of nitrogens with two attached hydrogens (primary N) is 1. The van der Waals surface area contributed by atoms with Gasteiger partial charge in [0.15, 0.2) is 11.6 Å². The molecule has 1 fully saturated rings. The summed E-state index contributed by atoms with van der Waals surface area (Å²) in [5.41, 5.74) is 8.12. The number of anilines is 1. The second-order valence-corrected chi connectivity index (χ2v) is 4.91. The van der Waals surface area contributed by atoms with Gasteiger partial charge in [-0.2, -0.15) is 0 Å². The molecule has 2 N–H and O–H groups in total. The van der Waals surface area contributed by atoms with Gasteiger partial charge < -0.3 is 15.0 Å². The Hall–Kier alpha value is -1.81. The van der Waals surface area contributed by atoms with Crippen molar-refractivity contribution in [3.05, 3.63) is 35.9 Å². The number of hydrogen-bond donors (Lipinski definition) is 1. The summed E-state index contributed by atoms with van der Waals surface area (Å²) >= 11 is 0. The Morgan fingerprint density at radius 1 is 1.33 bits per heavy atom.